The maximum absolute atomic E-state index is 10.1. The maximum atomic E-state index is 10.1. The first-order valence-electron chi connectivity index (χ1n) is 29.4. The summed E-state index contributed by atoms with van der Waals surface area (Å²) >= 11 is 0. The number of ether oxygens (including phenoxy) is 10. The first-order chi connectivity index (χ1) is 45.5. The quantitative estimate of drug-likeness (QED) is 0.0258. The number of methoxy groups -OCH3 is 5. The summed E-state index contributed by atoms with van der Waals surface area (Å²) in [6, 6.07) is 0. The van der Waals surface area contributed by atoms with Crippen molar-refractivity contribution in [2.75, 3.05) is 104 Å². The van der Waals surface area contributed by atoms with Gasteiger partial charge in [-0.3, -0.25) is 0 Å². The molecule has 10 rings (SSSR count). The first-order valence-corrected chi connectivity index (χ1v) is 29.4. The van der Waals surface area contributed by atoms with Crippen LogP contribution in [0.25, 0.3) is 28.5 Å². The molecular formula is C55H90N20O20. The summed E-state index contributed by atoms with van der Waals surface area (Å²) in [4.78, 5) is 20.3. The van der Waals surface area contributed by atoms with Gasteiger partial charge in [-0.2, -0.15) is 0 Å². The third-order valence-corrected chi connectivity index (χ3v) is 15.3. The second-order valence-electron chi connectivity index (χ2n) is 21.2. The van der Waals surface area contributed by atoms with E-state index in [2.05, 4.69) is 110 Å². The van der Waals surface area contributed by atoms with E-state index >= 15 is 0 Å². The lowest BCUT2D eigenvalue weighted by Gasteiger charge is -2.18. The molecule has 15 N–H and O–H groups in total. The normalized spacial score (nSPS) is 30.5. The molecule has 5 aromatic heterocycles. The smallest absolute Gasteiger partial charge is 0.196 e. The van der Waals surface area contributed by atoms with Gasteiger partial charge in [-0.15, -0.1) is 25.5 Å². The van der Waals surface area contributed by atoms with Crippen molar-refractivity contribution in [1.82, 2.24) is 100 Å². The van der Waals surface area contributed by atoms with E-state index < -0.39 is 123 Å². The molecule has 20 atom stereocenters. The highest BCUT2D eigenvalue weighted by Gasteiger charge is 2.49. The van der Waals surface area contributed by atoms with E-state index in [9.17, 15) is 46.0 Å². The van der Waals surface area contributed by atoms with Crippen LogP contribution in [0.15, 0.2) is 64.5 Å². The number of nitrogens with zero attached hydrogens (tertiary/aromatic N) is 15. The molecule has 95 heavy (non-hydrogen) atoms. The predicted molar refractivity (Wildman–Crippen MR) is 330 cm³/mol. The Kier molecular flexibility index (Phi) is 29.1. The molecule has 5 aliphatic rings. The molecule has 0 spiro atoms. The lowest BCUT2D eigenvalue weighted by Crippen LogP contribution is -2.35. The van der Waals surface area contributed by atoms with Crippen LogP contribution in [-0.4, -0.2) is 320 Å². The second kappa shape index (κ2) is 36.1. The molecule has 5 aliphatic heterocycles. The maximum Gasteiger partial charge on any atom is 0.196 e. The molecule has 10 heterocycles. The number of aromatic nitrogens is 15. The average Bonchev–Trinajstić information content (AvgIpc) is 1.76. The second-order valence-corrected chi connectivity index (χ2v) is 21.2. The standard InChI is InChI=1S/5C11H18N4O4/c2*1-6(12-2)10-13-5-15(14-10)11-8(17)9(18-3)7(4-16)19-11;2*1-6(12-2)10-13-5-15(14-10)11-9(17)8(16)7(19-11)4-18-3;1-6(12-2)10-13-5-15(14-10)11-9(18-3)8(17)7(4-16)19-11/h5*5,7-9,11-12,16-17H,1,4H2,2-3H3/t5*7-,8-,9-,11-/m10101/s1. The number of rotatable bonds is 25. The minimum Gasteiger partial charge on any atom is -0.394 e. The molecule has 5 saturated heterocycles. The lowest BCUT2D eigenvalue weighted by atomic mass is 10.1. The van der Waals surface area contributed by atoms with Crippen LogP contribution in [0.3, 0.4) is 0 Å². The summed E-state index contributed by atoms with van der Waals surface area (Å²) in [5, 5.41) is 132. The van der Waals surface area contributed by atoms with Gasteiger partial charge in [-0.05, 0) is 0 Å². The topological polar surface area (TPSA) is 508 Å². The van der Waals surface area contributed by atoms with Crippen molar-refractivity contribution in [2.24, 2.45) is 0 Å². The van der Waals surface area contributed by atoms with Gasteiger partial charge in [0.1, 0.15) is 123 Å². The van der Waals surface area contributed by atoms with Gasteiger partial charge < -0.3 is 125 Å². The number of hydrogen-bond acceptors (Lipinski definition) is 35. The molecular weight excluding hydrogens is 1260 g/mol. The molecule has 0 amide bonds. The highest BCUT2D eigenvalue weighted by atomic mass is 16.6. The highest BCUT2D eigenvalue weighted by molar-refractivity contribution is 5.55. The molecule has 0 aliphatic carbocycles. The van der Waals surface area contributed by atoms with Crippen molar-refractivity contribution in [3.05, 3.63) is 93.7 Å². The van der Waals surface area contributed by atoms with Crippen molar-refractivity contribution >= 4 is 28.5 Å². The van der Waals surface area contributed by atoms with Gasteiger partial charge in [-0.1, -0.05) is 32.9 Å². The van der Waals surface area contributed by atoms with Gasteiger partial charge in [0.15, 0.2) is 60.3 Å². The molecule has 5 fully saturated rings. The van der Waals surface area contributed by atoms with Gasteiger partial charge in [0.05, 0.1) is 61.5 Å². The lowest BCUT2D eigenvalue weighted by molar-refractivity contribution is -0.0665. The van der Waals surface area contributed by atoms with E-state index in [1.54, 1.807) is 35.2 Å². The summed E-state index contributed by atoms with van der Waals surface area (Å²) in [7, 11) is 16.0. The zero-order valence-corrected chi connectivity index (χ0v) is 54.3. The summed E-state index contributed by atoms with van der Waals surface area (Å²) in [6.07, 6.45) is -8.38. The molecule has 5 aromatic rings. The molecule has 530 valence electrons. The average molecular weight is 1350 g/mol. The fourth-order valence-corrected chi connectivity index (χ4v) is 9.83. The van der Waals surface area contributed by atoms with Gasteiger partial charge in [0, 0.05) is 70.8 Å². The Bertz CT molecular complexity index is 3040. The van der Waals surface area contributed by atoms with E-state index in [1.165, 1.54) is 90.6 Å². The van der Waals surface area contributed by atoms with Gasteiger partial charge in [-0.25, -0.2) is 48.3 Å². The zero-order chi connectivity index (χ0) is 70.0. The van der Waals surface area contributed by atoms with Crippen molar-refractivity contribution < 1.29 is 98.4 Å². The van der Waals surface area contributed by atoms with Gasteiger partial charge in [0.2, 0.25) is 0 Å². The summed E-state index contributed by atoms with van der Waals surface area (Å²) in [6.45, 7) is 18.4. The van der Waals surface area contributed by atoms with Crippen molar-refractivity contribution in [3.8, 4) is 0 Å². The van der Waals surface area contributed by atoms with Crippen LogP contribution in [0.5, 0.6) is 0 Å². The first kappa shape index (κ1) is 76.6. The van der Waals surface area contributed by atoms with Crippen LogP contribution in [-0.2, 0) is 47.4 Å². The number of nitrogens with one attached hydrogen (secondary N) is 5. The van der Waals surface area contributed by atoms with Crippen LogP contribution in [0.2, 0.25) is 0 Å². The third kappa shape index (κ3) is 18.0. The number of aliphatic hydroxyl groups is 10. The Balaban J connectivity index is 0.000000188. The molecule has 0 aromatic carbocycles. The van der Waals surface area contributed by atoms with Gasteiger partial charge >= 0.3 is 0 Å². The van der Waals surface area contributed by atoms with Crippen molar-refractivity contribution in [1.29, 1.82) is 0 Å². The van der Waals surface area contributed by atoms with E-state index in [4.69, 9.17) is 52.5 Å². The zero-order valence-electron chi connectivity index (χ0n) is 54.3. The molecule has 40 nitrogen and oxygen atoms in total. The Hall–Kier alpha value is -7.40. The van der Waals surface area contributed by atoms with Gasteiger partial charge in [0.25, 0.3) is 0 Å². The summed E-state index contributed by atoms with van der Waals surface area (Å²) < 4.78 is 59.9. The van der Waals surface area contributed by atoms with Crippen LogP contribution in [0.4, 0.5) is 0 Å². The van der Waals surface area contributed by atoms with Crippen molar-refractivity contribution in [3.63, 3.8) is 0 Å². The fraction of sp³-hybridized carbons (Fsp3) is 0.636. The van der Waals surface area contributed by atoms with E-state index in [0.717, 1.165) is 0 Å². The molecule has 0 bridgehead atoms. The molecule has 40 heteroatoms. The monoisotopic (exact) mass is 1350 g/mol. The van der Waals surface area contributed by atoms with E-state index in [-0.39, 0.29) is 33.0 Å². The summed E-state index contributed by atoms with van der Waals surface area (Å²) in [5.41, 5.74) is 2.81. The fourth-order valence-electron chi connectivity index (χ4n) is 9.83. The Morgan fingerprint density at radius 3 is 0.832 bits per heavy atom. The largest absolute Gasteiger partial charge is 0.394 e. The van der Waals surface area contributed by atoms with Crippen LogP contribution in [0.1, 0.15) is 60.3 Å². The molecule has 0 unspecified atom stereocenters. The predicted octanol–water partition coefficient (Wildman–Crippen LogP) is -6.33. The van der Waals surface area contributed by atoms with Crippen LogP contribution < -0.4 is 26.6 Å². The molecule has 0 saturated carbocycles. The number of hydrogen-bond donors (Lipinski definition) is 15. The Labute approximate surface area is 546 Å². The molecule has 0 radical (unpaired) electrons. The van der Waals surface area contributed by atoms with Crippen molar-refractivity contribution in [2.45, 2.75) is 123 Å². The Morgan fingerprint density at radius 2 is 0.600 bits per heavy atom. The van der Waals surface area contributed by atoms with E-state index in [0.29, 0.717) is 57.6 Å². The highest BCUT2D eigenvalue weighted by Crippen LogP contribution is 2.34. The van der Waals surface area contributed by atoms with Crippen LogP contribution >= 0.6 is 0 Å². The summed E-state index contributed by atoms with van der Waals surface area (Å²) in [5.74, 6) is 2.08. The SMILES string of the molecule is C=C(NC)c1ncn([C@@H]2O[C@H](CO)[C@@H](O)[C@H]2OC)n1.C=C(NC)c1ncn([C@@H]2O[C@H](CO)[C@@H](OC)[C@H]2O)n1.C=C(NC)c1ncn([C@@H]2O[C@H](COC)[C@@H](O)[C@H]2O)n1.C=C(NC)c1ncn([C@H]2O[C@@H](CO)[C@H](OC)[C@@H]2O)n1.C=C(NC)c1ncn([C@H]2O[C@@H](COC)[C@H](O)[C@@H]2O)n1. The number of aliphatic hydroxyl groups excluding tert-OH is 10. The van der Waals surface area contributed by atoms with E-state index in [1.807, 2.05) is 0 Å². The third-order valence-electron chi connectivity index (χ3n) is 15.3. The van der Waals surface area contributed by atoms with Crippen LogP contribution in [0, 0.1) is 0 Å². The minimum atomic E-state index is -1.09. The Morgan fingerprint density at radius 1 is 0.358 bits per heavy atom. The minimum absolute atomic E-state index is 0.194.